The third-order valence-corrected chi connectivity index (χ3v) is 6.51. The lowest BCUT2D eigenvalue weighted by molar-refractivity contribution is 0.322. The molecule has 0 radical (unpaired) electrons. The Balaban J connectivity index is 1.91. The van der Waals surface area contributed by atoms with Gasteiger partial charge in [-0.05, 0) is 43.2 Å². The summed E-state index contributed by atoms with van der Waals surface area (Å²) in [6.45, 7) is 4.28. The Morgan fingerprint density at radius 3 is 1.61 bits per heavy atom. The number of nitrogens with one attached hydrogen (secondary N) is 2. The molecule has 0 aliphatic heterocycles. The summed E-state index contributed by atoms with van der Waals surface area (Å²) >= 11 is 0. The van der Waals surface area contributed by atoms with Crippen molar-refractivity contribution in [3.05, 3.63) is 88.7 Å². The maximum absolute atomic E-state index is 5.97. The second kappa shape index (κ2) is 8.24. The molecule has 168 valence electrons. The summed E-state index contributed by atoms with van der Waals surface area (Å²) in [5.74, 6) is 1.82. The first-order valence-corrected chi connectivity index (χ1v) is 11.0. The largest absolute Gasteiger partial charge is 0.493 e. The monoisotopic (exact) mass is 440 g/mol. The van der Waals surface area contributed by atoms with Crippen molar-refractivity contribution in [2.24, 2.45) is 0 Å². The second-order valence-electron chi connectivity index (χ2n) is 8.28. The van der Waals surface area contributed by atoms with E-state index in [-0.39, 0.29) is 5.92 Å². The molecular formula is C28H28N2O3. The van der Waals surface area contributed by atoms with E-state index in [1.807, 2.05) is 6.07 Å². The van der Waals surface area contributed by atoms with Crippen molar-refractivity contribution in [2.45, 2.75) is 19.8 Å². The Morgan fingerprint density at radius 2 is 1.12 bits per heavy atom. The van der Waals surface area contributed by atoms with Crippen LogP contribution in [0.3, 0.4) is 0 Å². The molecule has 0 saturated carbocycles. The summed E-state index contributed by atoms with van der Waals surface area (Å²) in [5, 5.41) is 2.39. The SMILES string of the molecule is COc1ccc(C(c2c(C)[nH]c3ccccc23)c2c(C)[nH]c3ccccc23)c(OC)c1OC. The molecule has 0 amide bonds. The van der Waals surface area contributed by atoms with E-state index < -0.39 is 0 Å². The van der Waals surface area contributed by atoms with E-state index in [1.54, 1.807) is 21.3 Å². The van der Waals surface area contributed by atoms with Gasteiger partial charge < -0.3 is 24.2 Å². The minimum absolute atomic E-state index is 0.0907. The van der Waals surface area contributed by atoms with E-state index in [2.05, 4.69) is 78.4 Å². The predicted molar refractivity (Wildman–Crippen MR) is 133 cm³/mol. The van der Waals surface area contributed by atoms with Crippen molar-refractivity contribution in [1.82, 2.24) is 9.97 Å². The van der Waals surface area contributed by atoms with Gasteiger partial charge in [-0.3, -0.25) is 0 Å². The van der Waals surface area contributed by atoms with Crippen LogP contribution in [0.5, 0.6) is 17.2 Å². The van der Waals surface area contributed by atoms with Crippen LogP contribution in [-0.2, 0) is 0 Å². The number of aromatic amines is 2. The molecule has 2 aromatic heterocycles. The van der Waals surface area contributed by atoms with Crippen LogP contribution in [-0.4, -0.2) is 31.3 Å². The first kappa shape index (κ1) is 21.0. The number of para-hydroxylation sites is 2. The fourth-order valence-electron chi connectivity index (χ4n) is 5.15. The fraction of sp³-hybridized carbons (Fsp3) is 0.214. The van der Waals surface area contributed by atoms with Gasteiger partial charge in [-0.2, -0.15) is 0 Å². The Morgan fingerprint density at radius 1 is 0.606 bits per heavy atom. The highest BCUT2D eigenvalue weighted by Gasteiger charge is 2.31. The Bertz CT molecular complexity index is 1380. The highest BCUT2D eigenvalue weighted by atomic mass is 16.5. The number of ether oxygens (including phenoxy) is 3. The quantitative estimate of drug-likeness (QED) is 0.318. The number of aryl methyl sites for hydroxylation is 2. The van der Waals surface area contributed by atoms with Gasteiger partial charge in [-0.25, -0.2) is 0 Å². The number of H-pyrrole nitrogens is 2. The smallest absolute Gasteiger partial charge is 0.203 e. The standard InChI is InChI=1S/C28H28N2O3/c1-16-24(18-10-6-8-12-21(18)29-16)26(25-17(2)30-22-13-9-7-11-19(22)25)20-14-15-23(31-3)28(33-5)27(20)32-4/h6-15,26,29-30H,1-5H3. The van der Waals surface area contributed by atoms with Gasteiger partial charge in [0.1, 0.15) is 0 Å². The van der Waals surface area contributed by atoms with Gasteiger partial charge in [0.25, 0.3) is 0 Å². The maximum Gasteiger partial charge on any atom is 0.203 e. The first-order chi connectivity index (χ1) is 16.1. The van der Waals surface area contributed by atoms with Crippen molar-refractivity contribution < 1.29 is 14.2 Å². The summed E-state index contributed by atoms with van der Waals surface area (Å²) in [5.41, 5.74) is 7.97. The van der Waals surface area contributed by atoms with Crippen LogP contribution in [0.25, 0.3) is 21.8 Å². The van der Waals surface area contributed by atoms with Crippen molar-refractivity contribution in [3.8, 4) is 17.2 Å². The van der Waals surface area contributed by atoms with Gasteiger partial charge in [0.2, 0.25) is 5.75 Å². The minimum Gasteiger partial charge on any atom is -0.493 e. The van der Waals surface area contributed by atoms with E-state index >= 15 is 0 Å². The summed E-state index contributed by atoms with van der Waals surface area (Å²) in [6, 6.07) is 20.9. The Hall–Kier alpha value is -3.86. The Kier molecular flexibility index (Phi) is 5.25. The number of fused-ring (bicyclic) bond motifs is 2. The zero-order valence-electron chi connectivity index (χ0n) is 19.6. The molecule has 0 bridgehead atoms. The van der Waals surface area contributed by atoms with Crippen molar-refractivity contribution in [3.63, 3.8) is 0 Å². The third kappa shape index (κ3) is 3.23. The van der Waals surface area contributed by atoms with Crippen molar-refractivity contribution >= 4 is 21.8 Å². The molecule has 3 aromatic carbocycles. The van der Waals surface area contributed by atoms with E-state index in [0.29, 0.717) is 17.2 Å². The molecule has 33 heavy (non-hydrogen) atoms. The number of rotatable bonds is 6. The Labute approximate surface area is 193 Å². The van der Waals surface area contributed by atoms with E-state index in [4.69, 9.17) is 14.2 Å². The topological polar surface area (TPSA) is 59.3 Å². The van der Waals surface area contributed by atoms with Crippen LogP contribution in [0.15, 0.2) is 60.7 Å². The van der Waals surface area contributed by atoms with E-state index in [0.717, 1.165) is 28.0 Å². The minimum atomic E-state index is -0.0907. The zero-order valence-corrected chi connectivity index (χ0v) is 19.6. The van der Waals surface area contributed by atoms with Crippen LogP contribution in [0.2, 0.25) is 0 Å². The van der Waals surface area contributed by atoms with Gasteiger partial charge in [-0.15, -0.1) is 0 Å². The number of hydrogen-bond donors (Lipinski definition) is 2. The molecule has 5 heteroatoms. The molecule has 0 fully saturated rings. The predicted octanol–water partition coefficient (Wildman–Crippen LogP) is 6.47. The van der Waals surface area contributed by atoms with Gasteiger partial charge in [0.05, 0.1) is 21.3 Å². The lowest BCUT2D eigenvalue weighted by atomic mass is 9.81. The van der Waals surface area contributed by atoms with Gasteiger partial charge >= 0.3 is 0 Å². The third-order valence-electron chi connectivity index (χ3n) is 6.51. The van der Waals surface area contributed by atoms with Crippen molar-refractivity contribution in [2.75, 3.05) is 21.3 Å². The summed E-state index contributed by atoms with van der Waals surface area (Å²) in [4.78, 5) is 7.18. The lowest BCUT2D eigenvalue weighted by Gasteiger charge is -2.24. The van der Waals surface area contributed by atoms with Gasteiger partial charge in [0.15, 0.2) is 11.5 Å². The number of aromatic nitrogens is 2. The first-order valence-electron chi connectivity index (χ1n) is 11.0. The average Bonchev–Trinajstić information content (AvgIpc) is 3.35. The fourth-order valence-corrected chi connectivity index (χ4v) is 5.15. The number of hydrogen-bond acceptors (Lipinski definition) is 3. The molecule has 2 heterocycles. The van der Waals surface area contributed by atoms with Gasteiger partial charge in [0, 0.05) is 44.7 Å². The molecule has 0 aliphatic rings. The molecule has 0 unspecified atom stereocenters. The summed E-state index contributed by atoms with van der Waals surface area (Å²) < 4.78 is 17.3. The van der Waals surface area contributed by atoms with Crippen LogP contribution in [0, 0.1) is 13.8 Å². The zero-order chi connectivity index (χ0) is 23.1. The molecule has 0 spiro atoms. The number of methoxy groups -OCH3 is 3. The van der Waals surface area contributed by atoms with Crippen LogP contribution >= 0.6 is 0 Å². The molecule has 5 aromatic rings. The van der Waals surface area contributed by atoms with E-state index in [1.165, 1.54) is 21.9 Å². The molecule has 5 nitrogen and oxygen atoms in total. The summed E-state index contributed by atoms with van der Waals surface area (Å²) in [6.07, 6.45) is 0. The average molecular weight is 441 g/mol. The van der Waals surface area contributed by atoms with Crippen molar-refractivity contribution in [1.29, 1.82) is 0 Å². The maximum atomic E-state index is 5.97. The second-order valence-corrected chi connectivity index (χ2v) is 8.28. The lowest BCUT2D eigenvalue weighted by Crippen LogP contribution is -2.09. The molecule has 5 rings (SSSR count). The normalized spacial score (nSPS) is 11.5. The molecule has 0 atom stereocenters. The highest BCUT2D eigenvalue weighted by Crippen LogP contribution is 2.49. The molecule has 0 saturated heterocycles. The van der Waals surface area contributed by atoms with Crippen LogP contribution in [0.4, 0.5) is 0 Å². The van der Waals surface area contributed by atoms with Crippen LogP contribution in [0.1, 0.15) is 34.0 Å². The molecule has 2 N–H and O–H groups in total. The van der Waals surface area contributed by atoms with E-state index in [9.17, 15) is 0 Å². The highest BCUT2D eigenvalue weighted by molar-refractivity contribution is 5.91. The molecule has 0 aliphatic carbocycles. The number of benzene rings is 3. The summed E-state index contributed by atoms with van der Waals surface area (Å²) in [7, 11) is 4.97. The van der Waals surface area contributed by atoms with Gasteiger partial charge in [-0.1, -0.05) is 42.5 Å². The van der Waals surface area contributed by atoms with Crippen LogP contribution < -0.4 is 14.2 Å². The molecular weight excluding hydrogens is 412 g/mol.